The highest BCUT2D eigenvalue weighted by Gasteiger charge is 2.10. The summed E-state index contributed by atoms with van der Waals surface area (Å²) in [5.74, 6) is 0.397. The lowest BCUT2D eigenvalue weighted by molar-refractivity contribution is 0.621. The zero-order valence-electron chi connectivity index (χ0n) is 10.7. The molecule has 0 spiro atoms. The van der Waals surface area contributed by atoms with Gasteiger partial charge in [0.1, 0.15) is 11.6 Å². The van der Waals surface area contributed by atoms with Crippen LogP contribution in [0, 0.1) is 5.82 Å². The van der Waals surface area contributed by atoms with Gasteiger partial charge in [-0.1, -0.05) is 13.3 Å². The molecule has 0 aliphatic carbocycles. The number of unbranched alkanes of at least 4 members (excludes halogenated alkanes) is 1. The largest absolute Gasteiger partial charge is 0.296 e. The van der Waals surface area contributed by atoms with Gasteiger partial charge in [0.15, 0.2) is 0 Å². The molecule has 0 fully saturated rings. The number of benzene rings is 1. The second-order valence-corrected chi connectivity index (χ2v) is 4.34. The van der Waals surface area contributed by atoms with Crippen molar-refractivity contribution in [1.29, 1.82) is 0 Å². The number of hydrogen-bond donors (Lipinski definition) is 0. The van der Waals surface area contributed by atoms with E-state index in [0.29, 0.717) is 17.4 Å². The first-order valence-electron chi connectivity index (χ1n) is 6.36. The molecule has 1 heterocycles. The first-order valence-corrected chi connectivity index (χ1v) is 6.36. The van der Waals surface area contributed by atoms with Gasteiger partial charge >= 0.3 is 0 Å². The molecule has 2 aromatic rings. The molecular weight excluding hydrogens is 231 g/mol. The number of fused-ring (bicyclic) bond motifs is 1. The van der Waals surface area contributed by atoms with Crippen LogP contribution >= 0.6 is 0 Å². The van der Waals surface area contributed by atoms with Crippen molar-refractivity contribution in [2.24, 2.45) is 0 Å². The Morgan fingerprint density at radius 1 is 1.33 bits per heavy atom. The molecule has 3 nitrogen and oxygen atoms in total. The van der Waals surface area contributed by atoms with Gasteiger partial charge in [0.2, 0.25) is 0 Å². The fraction of sp³-hybridized carbons (Fsp3) is 0.429. The van der Waals surface area contributed by atoms with Crippen LogP contribution in [0.4, 0.5) is 4.39 Å². The van der Waals surface area contributed by atoms with E-state index in [1.807, 2.05) is 6.92 Å². The average Bonchev–Trinajstić information content (AvgIpc) is 2.37. The van der Waals surface area contributed by atoms with Crippen molar-refractivity contribution in [3.8, 4) is 0 Å². The summed E-state index contributed by atoms with van der Waals surface area (Å²) in [6.45, 7) is 4.58. The third kappa shape index (κ3) is 2.28. The lowest BCUT2D eigenvalue weighted by atomic mass is 10.2. The Labute approximate surface area is 105 Å². The smallest absolute Gasteiger partial charge is 0.261 e. The van der Waals surface area contributed by atoms with Crippen LogP contribution in [-0.2, 0) is 13.0 Å². The molecule has 0 unspecified atom stereocenters. The minimum absolute atomic E-state index is 0.145. The maximum atomic E-state index is 13.2. The Hall–Kier alpha value is -1.71. The maximum absolute atomic E-state index is 13.2. The summed E-state index contributed by atoms with van der Waals surface area (Å²) in [6, 6.07) is 4.18. The standard InChI is InChI=1S/C14H17FN2O/c1-3-5-6-13-16-12-8-7-10(15)9-11(12)14(18)17(13)4-2/h7-9H,3-6H2,1-2H3. The van der Waals surface area contributed by atoms with Gasteiger partial charge in [0.05, 0.1) is 10.9 Å². The monoisotopic (exact) mass is 248 g/mol. The third-order valence-corrected chi connectivity index (χ3v) is 3.07. The number of halogens is 1. The summed E-state index contributed by atoms with van der Waals surface area (Å²) in [5.41, 5.74) is 0.435. The number of nitrogens with zero attached hydrogens (tertiary/aromatic N) is 2. The highest BCUT2D eigenvalue weighted by atomic mass is 19.1. The summed E-state index contributed by atoms with van der Waals surface area (Å²) in [7, 11) is 0. The summed E-state index contributed by atoms with van der Waals surface area (Å²) in [5, 5.41) is 0.358. The first kappa shape index (κ1) is 12.7. The lowest BCUT2D eigenvalue weighted by Crippen LogP contribution is -2.24. The fourth-order valence-corrected chi connectivity index (χ4v) is 2.09. The maximum Gasteiger partial charge on any atom is 0.261 e. The molecule has 0 saturated heterocycles. The Kier molecular flexibility index (Phi) is 3.75. The molecule has 0 aliphatic rings. The molecule has 0 saturated carbocycles. The number of aromatic nitrogens is 2. The summed E-state index contributed by atoms with van der Waals surface area (Å²) in [6.07, 6.45) is 2.84. The van der Waals surface area contributed by atoms with Gasteiger partial charge in [0.25, 0.3) is 5.56 Å². The lowest BCUT2D eigenvalue weighted by Gasteiger charge is -2.11. The SMILES string of the molecule is CCCCc1nc2ccc(F)cc2c(=O)n1CC. The van der Waals surface area contributed by atoms with Crippen LogP contribution in [0.15, 0.2) is 23.0 Å². The van der Waals surface area contributed by atoms with Gasteiger partial charge < -0.3 is 0 Å². The van der Waals surface area contributed by atoms with E-state index in [2.05, 4.69) is 11.9 Å². The summed E-state index contributed by atoms with van der Waals surface area (Å²) < 4.78 is 14.8. The van der Waals surface area contributed by atoms with Crippen LogP contribution in [0.1, 0.15) is 32.5 Å². The zero-order chi connectivity index (χ0) is 13.1. The van der Waals surface area contributed by atoms with Crippen LogP contribution in [0.3, 0.4) is 0 Å². The number of aryl methyl sites for hydroxylation is 1. The predicted octanol–water partition coefficient (Wildman–Crippen LogP) is 2.90. The molecule has 0 atom stereocenters. The highest BCUT2D eigenvalue weighted by Crippen LogP contribution is 2.12. The Balaban J connectivity index is 2.65. The zero-order valence-corrected chi connectivity index (χ0v) is 10.7. The molecule has 0 aliphatic heterocycles. The van der Waals surface area contributed by atoms with Crippen LogP contribution < -0.4 is 5.56 Å². The molecule has 96 valence electrons. The Morgan fingerprint density at radius 3 is 2.78 bits per heavy atom. The summed E-state index contributed by atoms with van der Waals surface area (Å²) >= 11 is 0. The molecular formula is C14H17FN2O. The molecule has 0 N–H and O–H groups in total. The van der Waals surface area contributed by atoms with Gasteiger partial charge in [-0.3, -0.25) is 9.36 Å². The van der Waals surface area contributed by atoms with E-state index >= 15 is 0 Å². The predicted molar refractivity (Wildman–Crippen MR) is 70.2 cm³/mol. The van der Waals surface area contributed by atoms with Crippen molar-refractivity contribution in [2.75, 3.05) is 0 Å². The molecule has 18 heavy (non-hydrogen) atoms. The molecule has 1 aromatic carbocycles. The van der Waals surface area contributed by atoms with Crippen LogP contribution in [0.25, 0.3) is 10.9 Å². The average molecular weight is 248 g/mol. The second kappa shape index (κ2) is 5.29. The van der Waals surface area contributed by atoms with Gasteiger partial charge in [-0.25, -0.2) is 9.37 Å². The Morgan fingerprint density at radius 2 is 2.11 bits per heavy atom. The number of hydrogen-bond acceptors (Lipinski definition) is 2. The first-order chi connectivity index (χ1) is 8.67. The molecule has 0 radical (unpaired) electrons. The van der Waals surface area contributed by atoms with E-state index in [4.69, 9.17) is 0 Å². The second-order valence-electron chi connectivity index (χ2n) is 4.34. The number of rotatable bonds is 4. The Bertz CT molecular complexity index is 619. The van der Waals surface area contributed by atoms with Gasteiger partial charge in [-0.15, -0.1) is 0 Å². The van der Waals surface area contributed by atoms with Crippen molar-refractivity contribution in [3.05, 3.63) is 40.2 Å². The molecule has 0 bridgehead atoms. The van der Waals surface area contributed by atoms with Crippen molar-refractivity contribution in [2.45, 2.75) is 39.7 Å². The van der Waals surface area contributed by atoms with E-state index < -0.39 is 5.82 Å². The highest BCUT2D eigenvalue weighted by molar-refractivity contribution is 5.77. The topological polar surface area (TPSA) is 34.9 Å². The van der Waals surface area contributed by atoms with Crippen LogP contribution in [-0.4, -0.2) is 9.55 Å². The molecule has 0 amide bonds. The van der Waals surface area contributed by atoms with Crippen LogP contribution in [0.5, 0.6) is 0 Å². The van der Waals surface area contributed by atoms with Gasteiger partial charge in [-0.2, -0.15) is 0 Å². The fourth-order valence-electron chi connectivity index (χ4n) is 2.09. The van der Waals surface area contributed by atoms with E-state index in [9.17, 15) is 9.18 Å². The van der Waals surface area contributed by atoms with Crippen molar-refractivity contribution >= 4 is 10.9 Å². The minimum Gasteiger partial charge on any atom is -0.296 e. The van der Waals surface area contributed by atoms with Crippen molar-refractivity contribution in [1.82, 2.24) is 9.55 Å². The normalized spacial score (nSPS) is 11.1. The van der Waals surface area contributed by atoms with Gasteiger partial charge in [0, 0.05) is 13.0 Å². The summed E-state index contributed by atoms with van der Waals surface area (Å²) in [4.78, 5) is 16.7. The van der Waals surface area contributed by atoms with E-state index in [-0.39, 0.29) is 5.56 Å². The van der Waals surface area contributed by atoms with Crippen molar-refractivity contribution < 1.29 is 4.39 Å². The molecule has 1 aromatic heterocycles. The molecule has 4 heteroatoms. The quantitative estimate of drug-likeness (QED) is 0.833. The minimum atomic E-state index is -0.398. The molecule has 2 rings (SSSR count). The van der Waals surface area contributed by atoms with Gasteiger partial charge in [-0.05, 0) is 31.5 Å². The third-order valence-electron chi connectivity index (χ3n) is 3.07. The van der Waals surface area contributed by atoms with Crippen LogP contribution in [0.2, 0.25) is 0 Å². The van der Waals surface area contributed by atoms with E-state index in [1.54, 1.807) is 10.6 Å². The van der Waals surface area contributed by atoms with E-state index in [0.717, 1.165) is 25.1 Å². The van der Waals surface area contributed by atoms with Crippen molar-refractivity contribution in [3.63, 3.8) is 0 Å². The van der Waals surface area contributed by atoms with E-state index in [1.165, 1.54) is 12.1 Å².